The largest absolute Gasteiger partial charge is 0.495 e. The molecule has 0 aliphatic heterocycles. The standard InChI is InChI=1S/C13H14N4O7S3/c1-3-24-11(18)7-25-13-15-14-12(26-13)16-27(21,22)10-5-4-8(17(19)20)6-9(10)23-2/h4-6H,3,7H2,1-2H3,(H,14,16). The Balaban J connectivity index is 2.15. The van der Waals surface area contributed by atoms with E-state index in [1.54, 1.807) is 6.92 Å². The molecule has 0 unspecified atom stereocenters. The van der Waals surface area contributed by atoms with Crippen LogP contribution in [0.4, 0.5) is 10.8 Å². The molecule has 1 aromatic heterocycles. The second-order valence-electron chi connectivity index (χ2n) is 4.66. The number of thioether (sulfide) groups is 1. The molecule has 0 atom stereocenters. The van der Waals surface area contributed by atoms with Crippen molar-refractivity contribution in [2.24, 2.45) is 0 Å². The zero-order valence-corrected chi connectivity index (χ0v) is 16.5. The number of anilines is 1. The van der Waals surface area contributed by atoms with Crippen LogP contribution in [0, 0.1) is 10.1 Å². The first kappa shape index (κ1) is 20.9. The molecule has 1 N–H and O–H groups in total. The van der Waals surface area contributed by atoms with Gasteiger partial charge in [0.15, 0.2) is 4.34 Å². The van der Waals surface area contributed by atoms with Gasteiger partial charge in [0.1, 0.15) is 10.6 Å². The summed E-state index contributed by atoms with van der Waals surface area (Å²) >= 11 is 1.99. The number of hydrogen-bond donors (Lipinski definition) is 1. The lowest BCUT2D eigenvalue weighted by atomic mass is 10.3. The Kier molecular flexibility index (Phi) is 6.92. The molecule has 2 aromatic rings. The van der Waals surface area contributed by atoms with E-state index in [2.05, 4.69) is 14.9 Å². The number of aromatic nitrogens is 2. The molecule has 1 aromatic carbocycles. The van der Waals surface area contributed by atoms with E-state index in [-0.39, 0.29) is 33.8 Å². The number of esters is 1. The Hall–Kier alpha value is -2.45. The zero-order valence-electron chi connectivity index (χ0n) is 14.1. The quantitative estimate of drug-likeness (QED) is 0.268. The molecule has 14 heteroatoms. The van der Waals surface area contributed by atoms with Gasteiger partial charge in [-0.25, -0.2) is 8.42 Å². The van der Waals surface area contributed by atoms with Crippen molar-refractivity contribution in [3.8, 4) is 5.75 Å². The smallest absolute Gasteiger partial charge is 0.316 e. The number of carbonyl (C=O) groups excluding carboxylic acids is 1. The maximum absolute atomic E-state index is 12.5. The topological polar surface area (TPSA) is 151 Å². The molecule has 11 nitrogen and oxygen atoms in total. The summed E-state index contributed by atoms with van der Waals surface area (Å²) in [6.45, 7) is 1.95. The Labute approximate surface area is 162 Å². The molecular weight excluding hydrogens is 420 g/mol. The molecule has 0 fully saturated rings. The predicted molar refractivity (Wildman–Crippen MR) is 97.7 cm³/mol. The molecule has 0 saturated carbocycles. The predicted octanol–water partition coefficient (Wildman–Crippen LogP) is 1.91. The molecule has 0 radical (unpaired) electrons. The number of hydrogen-bond acceptors (Lipinski definition) is 11. The van der Waals surface area contributed by atoms with Crippen LogP contribution in [0.2, 0.25) is 0 Å². The van der Waals surface area contributed by atoms with Crippen molar-refractivity contribution in [2.45, 2.75) is 16.2 Å². The molecule has 0 aliphatic rings. The highest BCUT2D eigenvalue weighted by atomic mass is 32.2. The average molecular weight is 434 g/mol. The number of rotatable bonds is 9. The normalized spacial score (nSPS) is 11.0. The van der Waals surface area contributed by atoms with Gasteiger partial charge in [-0.05, 0) is 13.0 Å². The number of ether oxygens (including phenoxy) is 2. The van der Waals surface area contributed by atoms with Gasteiger partial charge in [-0.2, -0.15) is 0 Å². The van der Waals surface area contributed by atoms with Crippen molar-refractivity contribution in [1.82, 2.24) is 10.2 Å². The summed E-state index contributed by atoms with van der Waals surface area (Å²) in [6.07, 6.45) is 0. The monoisotopic (exact) mass is 434 g/mol. The minimum Gasteiger partial charge on any atom is -0.495 e. The van der Waals surface area contributed by atoms with E-state index >= 15 is 0 Å². The highest BCUT2D eigenvalue weighted by Crippen LogP contribution is 2.31. The minimum atomic E-state index is -4.12. The van der Waals surface area contributed by atoms with E-state index in [0.29, 0.717) is 4.34 Å². The lowest BCUT2D eigenvalue weighted by Crippen LogP contribution is -2.14. The van der Waals surface area contributed by atoms with Crippen LogP contribution in [0.25, 0.3) is 0 Å². The van der Waals surface area contributed by atoms with E-state index in [4.69, 9.17) is 9.47 Å². The Morgan fingerprint density at radius 3 is 2.78 bits per heavy atom. The number of nitro benzene ring substituents is 1. The molecule has 0 spiro atoms. The Bertz CT molecular complexity index is 945. The Morgan fingerprint density at radius 1 is 1.41 bits per heavy atom. The Morgan fingerprint density at radius 2 is 2.15 bits per heavy atom. The number of methoxy groups -OCH3 is 1. The average Bonchev–Trinajstić information content (AvgIpc) is 3.06. The highest BCUT2D eigenvalue weighted by Gasteiger charge is 2.24. The van der Waals surface area contributed by atoms with E-state index < -0.39 is 20.9 Å². The summed E-state index contributed by atoms with van der Waals surface area (Å²) in [7, 11) is -2.91. The molecule has 146 valence electrons. The number of nitrogens with zero attached hydrogens (tertiary/aromatic N) is 3. The fourth-order valence-corrected chi connectivity index (χ4v) is 4.73. The van der Waals surface area contributed by atoms with Crippen molar-refractivity contribution in [1.29, 1.82) is 0 Å². The van der Waals surface area contributed by atoms with Gasteiger partial charge in [-0.15, -0.1) is 10.2 Å². The number of sulfonamides is 1. The van der Waals surface area contributed by atoms with Crippen LogP contribution < -0.4 is 9.46 Å². The van der Waals surface area contributed by atoms with Crippen molar-refractivity contribution in [3.05, 3.63) is 28.3 Å². The highest BCUT2D eigenvalue weighted by molar-refractivity contribution is 8.01. The van der Waals surface area contributed by atoms with E-state index in [0.717, 1.165) is 41.3 Å². The van der Waals surface area contributed by atoms with Crippen molar-refractivity contribution < 1.29 is 27.6 Å². The first-order chi connectivity index (χ1) is 12.8. The van der Waals surface area contributed by atoms with Gasteiger partial charge >= 0.3 is 5.97 Å². The van der Waals surface area contributed by atoms with E-state index in [9.17, 15) is 23.3 Å². The summed E-state index contributed by atoms with van der Waals surface area (Å²) in [6, 6.07) is 3.13. The summed E-state index contributed by atoms with van der Waals surface area (Å²) in [4.78, 5) is 21.2. The lowest BCUT2D eigenvalue weighted by molar-refractivity contribution is -0.385. The third-order valence-corrected chi connectivity index (χ3v) is 6.35. The number of non-ortho nitro benzene ring substituents is 1. The van der Waals surface area contributed by atoms with Crippen LogP contribution in [0.3, 0.4) is 0 Å². The fraction of sp³-hybridized carbons (Fsp3) is 0.308. The number of carbonyl (C=O) groups is 1. The van der Waals surface area contributed by atoms with Crippen molar-refractivity contribution >= 4 is 49.9 Å². The first-order valence-electron chi connectivity index (χ1n) is 7.24. The molecule has 0 bridgehead atoms. The van der Waals surface area contributed by atoms with Crippen LogP contribution >= 0.6 is 23.1 Å². The van der Waals surface area contributed by atoms with Gasteiger partial charge in [-0.1, -0.05) is 23.1 Å². The van der Waals surface area contributed by atoms with Crippen molar-refractivity contribution in [3.63, 3.8) is 0 Å². The number of nitro groups is 1. The zero-order chi connectivity index (χ0) is 20.0. The van der Waals surface area contributed by atoms with Gasteiger partial charge < -0.3 is 9.47 Å². The summed E-state index contributed by atoms with van der Waals surface area (Å²) in [5.74, 6) is -0.584. The van der Waals surface area contributed by atoms with Crippen LogP contribution in [-0.4, -0.2) is 49.0 Å². The van der Waals surface area contributed by atoms with Gasteiger partial charge in [0.25, 0.3) is 15.7 Å². The summed E-state index contributed by atoms with van der Waals surface area (Å²) in [5.41, 5.74) is -0.306. The van der Waals surface area contributed by atoms with E-state index in [1.807, 2.05) is 0 Å². The van der Waals surface area contributed by atoms with Gasteiger partial charge in [-0.3, -0.25) is 19.6 Å². The molecular formula is C13H14N4O7S3. The SMILES string of the molecule is CCOC(=O)CSc1nnc(NS(=O)(=O)c2ccc([N+](=O)[O-])cc2OC)s1. The van der Waals surface area contributed by atoms with Crippen molar-refractivity contribution in [2.75, 3.05) is 24.2 Å². The van der Waals surface area contributed by atoms with E-state index in [1.165, 1.54) is 7.11 Å². The number of benzene rings is 1. The molecule has 1 heterocycles. The third-order valence-electron chi connectivity index (χ3n) is 2.89. The minimum absolute atomic E-state index is 0.0192. The molecule has 0 saturated heterocycles. The third kappa shape index (κ3) is 5.51. The summed E-state index contributed by atoms with van der Waals surface area (Å²) in [5, 5.41) is 18.3. The maximum atomic E-state index is 12.5. The molecule has 2 rings (SSSR count). The second kappa shape index (κ2) is 8.96. The maximum Gasteiger partial charge on any atom is 0.316 e. The second-order valence-corrected chi connectivity index (χ2v) is 8.52. The molecule has 0 aliphatic carbocycles. The lowest BCUT2D eigenvalue weighted by Gasteiger charge is -2.09. The van der Waals surface area contributed by atoms with Crippen LogP contribution in [-0.2, 0) is 19.6 Å². The number of nitrogens with one attached hydrogen (secondary N) is 1. The van der Waals surface area contributed by atoms with Gasteiger partial charge in [0, 0.05) is 6.07 Å². The van der Waals surface area contributed by atoms with Crippen LogP contribution in [0.5, 0.6) is 5.75 Å². The fourth-order valence-electron chi connectivity index (χ4n) is 1.79. The van der Waals surface area contributed by atoms with Crippen LogP contribution in [0.1, 0.15) is 6.92 Å². The van der Waals surface area contributed by atoms with Gasteiger partial charge in [0.2, 0.25) is 5.13 Å². The summed E-state index contributed by atoms with van der Waals surface area (Å²) < 4.78 is 37.4. The van der Waals surface area contributed by atoms with Crippen LogP contribution in [0.15, 0.2) is 27.4 Å². The van der Waals surface area contributed by atoms with Gasteiger partial charge in [0.05, 0.1) is 30.5 Å². The molecule has 27 heavy (non-hydrogen) atoms. The molecule has 0 amide bonds. The first-order valence-corrected chi connectivity index (χ1v) is 10.5.